The van der Waals surface area contributed by atoms with Crippen molar-refractivity contribution in [2.75, 3.05) is 44.6 Å². The molecule has 1 amide bonds. The van der Waals surface area contributed by atoms with Crippen molar-refractivity contribution in [2.45, 2.75) is 19.4 Å². The molecule has 0 spiro atoms. The number of nitrogens with zero attached hydrogens (tertiary/aromatic N) is 2. The molecule has 1 heterocycles. The van der Waals surface area contributed by atoms with Crippen molar-refractivity contribution in [2.24, 2.45) is 0 Å². The second kappa shape index (κ2) is 9.77. The van der Waals surface area contributed by atoms with Crippen LogP contribution in [0, 0.1) is 0 Å². The highest BCUT2D eigenvalue weighted by atomic mass is 16.5. The molecule has 1 N–H and O–H groups in total. The molecule has 0 bridgehead atoms. The van der Waals surface area contributed by atoms with Crippen LogP contribution in [0.3, 0.4) is 0 Å². The van der Waals surface area contributed by atoms with Crippen LogP contribution in [-0.4, -0.2) is 55.0 Å². The molecule has 5 heteroatoms. The van der Waals surface area contributed by atoms with Gasteiger partial charge in [-0.05, 0) is 41.3 Å². The Kier molecular flexibility index (Phi) is 6.42. The molecule has 0 atom stereocenters. The Hall–Kier alpha value is -3.15. The zero-order valence-electron chi connectivity index (χ0n) is 19.2. The molecule has 170 valence electrons. The van der Waals surface area contributed by atoms with Gasteiger partial charge < -0.3 is 15.0 Å². The van der Waals surface area contributed by atoms with Gasteiger partial charge in [-0.2, -0.15) is 0 Å². The lowest BCUT2D eigenvalue weighted by molar-refractivity contribution is -0.116. The van der Waals surface area contributed by atoms with Gasteiger partial charge in [0, 0.05) is 39.1 Å². The number of carbonyl (C=O) groups excluding carboxylic acids is 1. The van der Waals surface area contributed by atoms with Crippen LogP contribution in [0.2, 0.25) is 0 Å². The summed E-state index contributed by atoms with van der Waals surface area (Å²) in [6, 6.07) is 25.5. The summed E-state index contributed by atoms with van der Waals surface area (Å²) in [4.78, 5) is 17.6. The lowest BCUT2D eigenvalue weighted by atomic mass is 10.0. The molecule has 0 saturated carbocycles. The molecule has 5 rings (SSSR count). The van der Waals surface area contributed by atoms with Crippen molar-refractivity contribution in [1.29, 1.82) is 0 Å². The van der Waals surface area contributed by atoms with Crippen molar-refractivity contribution in [3.63, 3.8) is 0 Å². The molecule has 1 aliphatic heterocycles. The lowest BCUT2D eigenvalue weighted by Crippen LogP contribution is -2.48. The fourth-order valence-corrected chi connectivity index (χ4v) is 5.09. The Balaban J connectivity index is 1.17. The number of anilines is 1. The summed E-state index contributed by atoms with van der Waals surface area (Å²) < 4.78 is 5.61. The first-order valence-corrected chi connectivity index (χ1v) is 11.9. The fraction of sp³-hybridized carbons (Fsp3) is 0.321. The van der Waals surface area contributed by atoms with Gasteiger partial charge in [-0.3, -0.25) is 9.69 Å². The smallest absolute Gasteiger partial charge is 0.225 e. The molecule has 1 fully saturated rings. The van der Waals surface area contributed by atoms with Crippen LogP contribution in [-0.2, 0) is 4.79 Å². The van der Waals surface area contributed by atoms with E-state index >= 15 is 0 Å². The monoisotopic (exact) mass is 441 g/mol. The summed E-state index contributed by atoms with van der Waals surface area (Å²) in [7, 11) is 0. The van der Waals surface area contributed by atoms with E-state index in [4.69, 9.17) is 4.74 Å². The third kappa shape index (κ3) is 4.52. The summed E-state index contributed by atoms with van der Waals surface area (Å²) in [6.07, 6.45) is 0.482. The fourth-order valence-electron chi connectivity index (χ4n) is 5.09. The molecule has 3 aromatic rings. The van der Waals surface area contributed by atoms with Crippen molar-refractivity contribution in [3.05, 3.63) is 83.9 Å². The summed E-state index contributed by atoms with van der Waals surface area (Å²) in [6.45, 7) is 7.25. The number of nitrogens with one attached hydrogen (secondary N) is 1. The SMILES string of the molecule is CCOc1ccccc1NC(=O)CCN1CCN(C2c3ccccc3-c3ccccc32)CC1. The number of carbonyl (C=O) groups is 1. The first kappa shape index (κ1) is 21.7. The average molecular weight is 442 g/mol. The van der Waals surface area contributed by atoms with E-state index in [2.05, 4.69) is 63.6 Å². The number of benzene rings is 3. The van der Waals surface area contributed by atoms with E-state index in [0.717, 1.165) is 44.2 Å². The molecule has 2 aliphatic rings. The number of para-hydroxylation sites is 2. The van der Waals surface area contributed by atoms with Gasteiger partial charge in [-0.15, -0.1) is 0 Å². The number of fused-ring (bicyclic) bond motifs is 3. The zero-order chi connectivity index (χ0) is 22.6. The van der Waals surface area contributed by atoms with Crippen molar-refractivity contribution in [3.8, 4) is 16.9 Å². The number of piperazine rings is 1. The quantitative estimate of drug-likeness (QED) is 0.572. The largest absolute Gasteiger partial charge is 0.492 e. The summed E-state index contributed by atoms with van der Waals surface area (Å²) >= 11 is 0. The van der Waals surface area contributed by atoms with Crippen LogP contribution >= 0.6 is 0 Å². The van der Waals surface area contributed by atoms with E-state index in [0.29, 0.717) is 19.1 Å². The Morgan fingerprint density at radius 3 is 2.15 bits per heavy atom. The predicted molar refractivity (Wildman–Crippen MR) is 133 cm³/mol. The van der Waals surface area contributed by atoms with Gasteiger partial charge in [0.25, 0.3) is 0 Å². The summed E-state index contributed by atoms with van der Waals surface area (Å²) in [5, 5.41) is 3.01. The first-order chi connectivity index (χ1) is 16.2. The minimum Gasteiger partial charge on any atom is -0.492 e. The first-order valence-electron chi connectivity index (χ1n) is 11.9. The van der Waals surface area contributed by atoms with Gasteiger partial charge in [0.05, 0.1) is 18.3 Å². The van der Waals surface area contributed by atoms with Crippen molar-refractivity contribution in [1.82, 2.24) is 9.80 Å². The minimum absolute atomic E-state index is 0.0308. The third-order valence-electron chi connectivity index (χ3n) is 6.69. The normalized spacial score (nSPS) is 16.3. The van der Waals surface area contributed by atoms with Crippen LogP contribution in [0.25, 0.3) is 11.1 Å². The molecular weight excluding hydrogens is 410 g/mol. The van der Waals surface area contributed by atoms with Gasteiger partial charge in [0.2, 0.25) is 5.91 Å². The number of amides is 1. The van der Waals surface area contributed by atoms with E-state index in [1.54, 1.807) is 0 Å². The minimum atomic E-state index is 0.0308. The maximum Gasteiger partial charge on any atom is 0.225 e. The second-order valence-electron chi connectivity index (χ2n) is 8.68. The molecule has 0 radical (unpaired) electrons. The lowest BCUT2D eigenvalue weighted by Gasteiger charge is -2.38. The Labute approximate surface area is 196 Å². The van der Waals surface area contributed by atoms with Crippen LogP contribution in [0.1, 0.15) is 30.5 Å². The van der Waals surface area contributed by atoms with Gasteiger partial charge in [-0.25, -0.2) is 0 Å². The number of ether oxygens (including phenoxy) is 1. The van der Waals surface area contributed by atoms with Crippen LogP contribution in [0.5, 0.6) is 5.75 Å². The van der Waals surface area contributed by atoms with Crippen LogP contribution in [0.4, 0.5) is 5.69 Å². The number of rotatable bonds is 7. The zero-order valence-corrected chi connectivity index (χ0v) is 19.2. The highest BCUT2D eigenvalue weighted by Gasteiger charge is 2.34. The Morgan fingerprint density at radius 1 is 0.879 bits per heavy atom. The Morgan fingerprint density at radius 2 is 1.48 bits per heavy atom. The molecule has 0 unspecified atom stereocenters. The molecule has 1 saturated heterocycles. The summed E-state index contributed by atoms with van der Waals surface area (Å²) in [5.74, 6) is 0.752. The van der Waals surface area contributed by atoms with E-state index in [-0.39, 0.29) is 5.91 Å². The van der Waals surface area contributed by atoms with Crippen molar-refractivity contribution < 1.29 is 9.53 Å². The standard InChI is InChI=1S/C28H31N3O2/c1-2-33-26-14-8-7-13-25(26)29-27(32)15-16-30-17-19-31(20-18-30)28-23-11-5-3-9-21(23)22-10-4-6-12-24(22)28/h3-14,28H,2,15-20H2,1H3,(H,29,32). The van der Waals surface area contributed by atoms with Gasteiger partial charge in [-0.1, -0.05) is 60.7 Å². The maximum absolute atomic E-state index is 12.6. The van der Waals surface area contributed by atoms with Crippen LogP contribution < -0.4 is 10.1 Å². The number of hydrogen-bond acceptors (Lipinski definition) is 4. The molecule has 1 aliphatic carbocycles. The van der Waals surface area contributed by atoms with E-state index < -0.39 is 0 Å². The highest BCUT2D eigenvalue weighted by Crippen LogP contribution is 2.46. The van der Waals surface area contributed by atoms with E-state index in [1.165, 1.54) is 22.3 Å². The Bertz CT molecular complexity index is 1080. The van der Waals surface area contributed by atoms with E-state index in [9.17, 15) is 4.79 Å². The van der Waals surface area contributed by atoms with Gasteiger partial charge in [0.1, 0.15) is 5.75 Å². The van der Waals surface area contributed by atoms with E-state index in [1.807, 2.05) is 31.2 Å². The third-order valence-corrected chi connectivity index (χ3v) is 6.69. The molecule has 3 aromatic carbocycles. The molecule has 0 aromatic heterocycles. The predicted octanol–water partition coefficient (Wildman–Crippen LogP) is 4.80. The summed E-state index contributed by atoms with van der Waals surface area (Å²) in [5.41, 5.74) is 6.31. The van der Waals surface area contributed by atoms with Crippen LogP contribution in [0.15, 0.2) is 72.8 Å². The maximum atomic E-state index is 12.6. The van der Waals surface area contributed by atoms with Gasteiger partial charge in [0.15, 0.2) is 0 Å². The highest BCUT2D eigenvalue weighted by molar-refractivity contribution is 5.92. The molecule has 33 heavy (non-hydrogen) atoms. The molecule has 5 nitrogen and oxygen atoms in total. The van der Waals surface area contributed by atoms with Gasteiger partial charge >= 0.3 is 0 Å². The topological polar surface area (TPSA) is 44.8 Å². The van der Waals surface area contributed by atoms with Crippen molar-refractivity contribution >= 4 is 11.6 Å². The average Bonchev–Trinajstić information content (AvgIpc) is 3.19. The second-order valence-corrected chi connectivity index (χ2v) is 8.68. The molecular formula is C28H31N3O2. The number of hydrogen-bond donors (Lipinski definition) is 1.